The first-order valence-corrected chi connectivity index (χ1v) is 13.8. The molecule has 0 spiro atoms. The highest BCUT2D eigenvalue weighted by atomic mass is 32.2. The first-order valence-electron chi connectivity index (χ1n) is 11.4. The van der Waals surface area contributed by atoms with Gasteiger partial charge in [-0.3, -0.25) is 9.59 Å². The standard InChI is InChI=1S/C21H36N4O5S2/c1-31-12-10-14(20(28)29)23-18(27)9-3-2-6-11-22-17(26)8-5-4-7-16-19-15(13-32-16)24-21(30)25-19/h14-16,19H,2-13H2,1H3,(H,22,26)(H,23,27)(H,28,29)(H2,24,25,30)/t14-,15-,16-,19-/m0/s1. The van der Waals surface area contributed by atoms with Crippen LogP contribution in [0.2, 0.25) is 0 Å². The fraction of sp³-hybridized carbons (Fsp3) is 0.810. The van der Waals surface area contributed by atoms with E-state index >= 15 is 0 Å². The molecule has 0 aromatic rings. The Morgan fingerprint density at radius 3 is 2.62 bits per heavy atom. The average molecular weight is 489 g/mol. The highest BCUT2D eigenvalue weighted by Gasteiger charge is 2.42. The maximum absolute atomic E-state index is 12.0. The van der Waals surface area contributed by atoms with Crippen molar-refractivity contribution in [2.75, 3.05) is 24.3 Å². The minimum absolute atomic E-state index is 0.0497. The van der Waals surface area contributed by atoms with E-state index in [2.05, 4.69) is 21.3 Å². The van der Waals surface area contributed by atoms with Crippen LogP contribution < -0.4 is 21.3 Å². The van der Waals surface area contributed by atoms with Gasteiger partial charge in [-0.2, -0.15) is 23.5 Å². The largest absolute Gasteiger partial charge is 0.480 e. The lowest BCUT2D eigenvalue weighted by molar-refractivity contribution is -0.141. The molecule has 32 heavy (non-hydrogen) atoms. The SMILES string of the molecule is CSCC[C@H](NC(=O)CCCCCNC(=O)CCCC[C@@H]1SC[C@@H]2NC(=O)N[C@@H]21)C(=O)O. The quantitative estimate of drug-likeness (QED) is 0.165. The number of fused-ring (bicyclic) bond motifs is 1. The molecule has 0 aromatic heterocycles. The van der Waals surface area contributed by atoms with Gasteiger partial charge in [-0.25, -0.2) is 9.59 Å². The van der Waals surface area contributed by atoms with Gasteiger partial charge in [0.1, 0.15) is 6.04 Å². The number of carboxylic acids is 1. The van der Waals surface area contributed by atoms with Gasteiger partial charge in [0.25, 0.3) is 0 Å². The first-order chi connectivity index (χ1) is 15.4. The van der Waals surface area contributed by atoms with Gasteiger partial charge in [-0.05, 0) is 44.1 Å². The molecule has 0 bridgehead atoms. The maximum Gasteiger partial charge on any atom is 0.326 e. The Kier molecular flexibility index (Phi) is 12.1. The number of carboxylic acid groups (broad SMARTS) is 1. The van der Waals surface area contributed by atoms with Crippen LogP contribution in [0.4, 0.5) is 4.79 Å². The molecular weight excluding hydrogens is 452 g/mol. The highest BCUT2D eigenvalue weighted by Crippen LogP contribution is 2.33. The molecule has 2 aliphatic rings. The van der Waals surface area contributed by atoms with Crippen LogP contribution in [-0.4, -0.2) is 76.6 Å². The molecule has 4 amide bonds. The average Bonchev–Trinajstić information content (AvgIpc) is 3.30. The number of aliphatic carboxylic acids is 1. The molecule has 0 aromatic carbocycles. The van der Waals surface area contributed by atoms with Gasteiger partial charge in [0.15, 0.2) is 0 Å². The van der Waals surface area contributed by atoms with Gasteiger partial charge < -0.3 is 26.4 Å². The van der Waals surface area contributed by atoms with Gasteiger partial charge in [-0.1, -0.05) is 12.8 Å². The van der Waals surface area contributed by atoms with E-state index in [0.717, 1.165) is 37.9 Å². The molecule has 2 heterocycles. The summed E-state index contributed by atoms with van der Waals surface area (Å²) in [5.41, 5.74) is 0. The predicted octanol–water partition coefficient (Wildman–Crippen LogP) is 1.71. The minimum Gasteiger partial charge on any atom is -0.480 e. The summed E-state index contributed by atoms with van der Waals surface area (Å²) in [6.07, 6.45) is 8.20. The van der Waals surface area contributed by atoms with Crippen molar-refractivity contribution in [3.05, 3.63) is 0 Å². The fourth-order valence-corrected chi connectivity index (χ4v) is 5.95. The zero-order valence-corrected chi connectivity index (χ0v) is 20.3. The van der Waals surface area contributed by atoms with Crippen LogP contribution >= 0.6 is 23.5 Å². The summed E-state index contributed by atoms with van der Waals surface area (Å²) in [4.78, 5) is 46.4. The monoisotopic (exact) mass is 488 g/mol. The number of hydrogen-bond acceptors (Lipinski definition) is 6. The summed E-state index contributed by atoms with van der Waals surface area (Å²) < 4.78 is 0. The van der Waals surface area contributed by atoms with Crippen molar-refractivity contribution in [2.45, 2.75) is 81.2 Å². The second kappa shape index (κ2) is 14.5. The number of carbonyl (C=O) groups excluding carboxylic acids is 3. The second-order valence-corrected chi connectivity index (χ2v) is 10.5. The van der Waals surface area contributed by atoms with Gasteiger partial charge in [0.2, 0.25) is 11.8 Å². The van der Waals surface area contributed by atoms with Gasteiger partial charge in [0, 0.05) is 30.4 Å². The van der Waals surface area contributed by atoms with Crippen molar-refractivity contribution in [2.24, 2.45) is 0 Å². The molecule has 0 saturated carbocycles. The number of hydrogen-bond donors (Lipinski definition) is 5. The molecule has 9 nitrogen and oxygen atoms in total. The summed E-state index contributed by atoms with van der Waals surface area (Å²) in [6, 6.07) is -0.433. The number of urea groups is 1. The molecular formula is C21H36N4O5S2. The Labute approximate surface area is 198 Å². The van der Waals surface area contributed by atoms with E-state index in [4.69, 9.17) is 5.11 Å². The molecule has 0 radical (unpaired) electrons. The Bertz CT molecular complexity index is 652. The summed E-state index contributed by atoms with van der Waals surface area (Å²) in [5, 5.41) is 21.0. The van der Waals surface area contributed by atoms with Crippen LogP contribution in [0.25, 0.3) is 0 Å². The predicted molar refractivity (Wildman–Crippen MR) is 128 cm³/mol. The lowest BCUT2D eigenvalue weighted by Gasteiger charge is -2.16. The Morgan fingerprint density at radius 2 is 1.88 bits per heavy atom. The van der Waals surface area contributed by atoms with Crippen LogP contribution in [0.15, 0.2) is 0 Å². The van der Waals surface area contributed by atoms with Gasteiger partial charge in [0.05, 0.1) is 12.1 Å². The van der Waals surface area contributed by atoms with E-state index in [0.29, 0.717) is 43.2 Å². The fourth-order valence-electron chi connectivity index (χ4n) is 3.94. The molecule has 11 heteroatoms. The van der Waals surface area contributed by atoms with Crippen molar-refractivity contribution in [1.29, 1.82) is 0 Å². The third-order valence-corrected chi connectivity index (χ3v) is 7.88. The van der Waals surface area contributed by atoms with E-state index in [-0.39, 0.29) is 29.9 Å². The van der Waals surface area contributed by atoms with Crippen molar-refractivity contribution in [3.8, 4) is 0 Å². The number of thioether (sulfide) groups is 2. The van der Waals surface area contributed by atoms with Crippen molar-refractivity contribution < 1.29 is 24.3 Å². The van der Waals surface area contributed by atoms with Crippen LogP contribution in [0, 0.1) is 0 Å². The normalized spacial score (nSPS) is 22.5. The van der Waals surface area contributed by atoms with E-state index in [1.165, 1.54) is 0 Å². The molecule has 0 unspecified atom stereocenters. The number of unbranched alkanes of at least 4 members (excludes halogenated alkanes) is 3. The number of nitrogens with one attached hydrogen (secondary N) is 4. The van der Waals surface area contributed by atoms with Crippen LogP contribution in [0.1, 0.15) is 57.8 Å². The number of rotatable bonds is 16. The zero-order valence-electron chi connectivity index (χ0n) is 18.7. The first kappa shape index (κ1) is 26.6. The molecule has 2 aliphatic heterocycles. The van der Waals surface area contributed by atoms with E-state index in [1.54, 1.807) is 11.8 Å². The third-order valence-electron chi connectivity index (χ3n) is 5.73. The molecule has 2 rings (SSSR count). The molecule has 182 valence electrons. The van der Waals surface area contributed by atoms with Crippen LogP contribution in [0.5, 0.6) is 0 Å². The van der Waals surface area contributed by atoms with E-state index in [9.17, 15) is 19.2 Å². The van der Waals surface area contributed by atoms with Crippen molar-refractivity contribution >= 4 is 47.3 Å². The summed E-state index contributed by atoms with van der Waals surface area (Å²) in [7, 11) is 0. The summed E-state index contributed by atoms with van der Waals surface area (Å²) in [5.74, 6) is 0.459. The molecule has 4 atom stereocenters. The Hall–Kier alpha value is -1.62. The zero-order chi connectivity index (χ0) is 23.3. The van der Waals surface area contributed by atoms with Crippen molar-refractivity contribution in [1.82, 2.24) is 21.3 Å². The Morgan fingerprint density at radius 1 is 1.12 bits per heavy atom. The summed E-state index contributed by atoms with van der Waals surface area (Å²) >= 11 is 3.44. The topological polar surface area (TPSA) is 137 Å². The molecule has 2 fully saturated rings. The smallest absolute Gasteiger partial charge is 0.326 e. The molecule has 2 saturated heterocycles. The lowest BCUT2D eigenvalue weighted by atomic mass is 10.0. The van der Waals surface area contributed by atoms with Crippen LogP contribution in [0.3, 0.4) is 0 Å². The number of carbonyl (C=O) groups is 4. The third kappa shape index (κ3) is 9.48. The minimum atomic E-state index is -0.997. The molecule has 5 N–H and O–H groups in total. The van der Waals surface area contributed by atoms with E-state index < -0.39 is 12.0 Å². The Balaban J connectivity index is 1.44. The maximum atomic E-state index is 12.0. The molecule has 0 aliphatic carbocycles. The number of amides is 4. The van der Waals surface area contributed by atoms with Gasteiger partial charge in [-0.15, -0.1) is 0 Å². The van der Waals surface area contributed by atoms with Gasteiger partial charge >= 0.3 is 12.0 Å². The van der Waals surface area contributed by atoms with E-state index in [1.807, 2.05) is 18.0 Å². The lowest BCUT2D eigenvalue weighted by Crippen LogP contribution is -2.41. The second-order valence-electron chi connectivity index (χ2n) is 8.27. The van der Waals surface area contributed by atoms with Crippen LogP contribution in [-0.2, 0) is 14.4 Å². The van der Waals surface area contributed by atoms with Crippen molar-refractivity contribution in [3.63, 3.8) is 0 Å². The highest BCUT2D eigenvalue weighted by molar-refractivity contribution is 8.00. The summed E-state index contributed by atoms with van der Waals surface area (Å²) in [6.45, 7) is 0.589.